The minimum atomic E-state index is -0.427. The summed E-state index contributed by atoms with van der Waals surface area (Å²) in [6, 6.07) is 20.0. The molecule has 2 amide bonds. The first kappa shape index (κ1) is 22.1. The third-order valence-corrected chi connectivity index (χ3v) is 5.36. The maximum Gasteiger partial charge on any atom is 0.282 e. The predicted octanol–water partition coefficient (Wildman–Crippen LogP) is 5.11. The molecule has 0 spiro atoms. The quantitative estimate of drug-likeness (QED) is 0.515. The lowest BCUT2D eigenvalue weighted by molar-refractivity contribution is -0.120. The smallest absolute Gasteiger partial charge is 0.282 e. The van der Waals surface area contributed by atoms with Crippen LogP contribution in [-0.2, 0) is 9.59 Å². The number of nitrogens with zero attached hydrogens (tertiary/aromatic N) is 1. The summed E-state index contributed by atoms with van der Waals surface area (Å²) in [6.07, 6.45) is 0. The first-order valence-electron chi connectivity index (χ1n) is 10.8. The van der Waals surface area contributed by atoms with Crippen LogP contribution < -0.4 is 19.7 Å². The number of carbonyl (C=O) groups excluding carboxylic acids is 2. The van der Waals surface area contributed by atoms with Gasteiger partial charge in [-0.15, -0.1) is 0 Å². The molecule has 0 saturated heterocycles. The molecular formula is C27H26N2O4. The molecule has 0 bridgehead atoms. The zero-order chi connectivity index (χ0) is 23.5. The van der Waals surface area contributed by atoms with Gasteiger partial charge >= 0.3 is 0 Å². The molecule has 0 fully saturated rings. The molecule has 1 N–H and O–H groups in total. The van der Waals surface area contributed by atoms with Crippen molar-refractivity contribution < 1.29 is 19.1 Å². The lowest BCUT2D eigenvalue weighted by Gasteiger charge is -2.16. The monoisotopic (exact) mass is 442 g/mol. The van der Waals surface area contributed by atoms with Gasteiger partial charge in [-0.3, -0.25) is 9.59 Å². The van der Waals surface area contributed by atoms with E-state index in [1.807, 2.05) is 45.0 Å². The fraction of sp³-hybridized carbons (Fsp3) is 0.185. The Kier molecular flexibility index (Phi) is 6.18. The minimum Gasteiger partial charge on any atom is -0.496 e. The van der Waals surface area contributed by atoms with E-state index in [1.54, 1.807) is 43.5 Å². The minimum absolute atomic E-state index is 0.211. The third-order valence-electron chi connectivity index (χ3n) is 5.36. The zero-order valence-electron chi connectivity index (χ0n) is 19.1. The molecule has 1 aliphatic heterocycles. The Morgan fingerprint density at radius 1 is 0.879 bits per heavy atom. The number of benzene rings is 3. The molecule has 1 aliphatic rings. The van der Waals surface area contributed by atoms with Crippen LogP contribution in [0.25, 0.3) is 5.57 Å². The first-order valence-corrected chi connectivity index (χ1v) is 10.8. The average molecular weight is 443 g/mol. The van der Waals surface area contributed by atoms with E-state index in [4.69, 9.17) is 9.47 Å². The van der Waals surface area contributed by atoms with Gasteiger partial charge in [0.1, 0.15) is 17.2 Å². The van der Waals surface area contributed by atoms with Crippen molar-refractivity contribution in [3.63, 3.8) is 0 Å². The van der Waals surface area contributed by atoms with Crippen LogP contribution in [0.15, 0.2) is 72.4 Å². The largest absolute Gasteiger partial charge is 0.496 e. The Morgan fingerprint density at radius 2 is 1.55 bits per heavy atom. The van der Waals surface area contributed by atoms with E-state index in [9.17, 15) is 9.59 Å². The molecule has 0 aliphatic carbocycles. The number of hydrogen-bond donors (Lipinski definition) is 1. The Hall–Kier alpha value is -4.06. The van der Waals surface area contributed by atoms with Crippen molar-refractivity contribution in [3.8, 4) is 11.5 Å². The molecule has 33 heavy (non-hydrogen) atoms. The first-order chi connectivity index (χ1) is 15.9. The van der Waals surface area contributed by atoms with Gasteiger partial charge in [0, 0.05) is 11.3 Å². The third kappa shape index (κ3) is 4.32. The van der Waals surface area contributed by atoms with Gasteiger partial charge in [-0.1, -0.05) is 24.3 Å². The van der Waals surface area contributed by atoms with Crippen LogP contribution in [0.3, 0.4) is 0 Å². The second-order valence-corrected chi connectivity index (χ2v) is 7.82. The number of methoxy groups -OCH3 is 1. The maximum atomic E-state index is 13.7. The zero-order valence-corrected chi connectivity index (χ0v) is 19.1. The predicted molar refractivity (Wildman–Crippen MR) is 130 cm³/mol. The summed E-state index contributed by atoms with van der Waals surface area (Å²) < 4.78 is 11.0. The second-order valence-electron chi connectivity index (χ2n) is 7.82. The highest BCUT2D eigenvalue weighted by atomic mass is 16.5. The molecule has 0 saturated carbocycles. The summed E-state index contributed by atoms with van der Waals surface area (Å²) in [6.45, 7) is 6.41. The van der Waals surface area contributed by atoms with E-state index in [0.29, 0.717) is 29.4 Å². The number of aryl methyl sites for hydroxylation is 2. The molecule has 6 nitrogen and oxygen atoms in total. The van der Waals surface area contributed by atoms with Gasteiger partial charge in [0.05, 0.1) is 25.0 Å². The van der Waals surface area contributed by atoms with Crippen molar-refractivity contribution in [2.45, 2.75) is 20.8 Å². The van der Waals surface area contributed by atoms with E-state index >= 15 is 0 Å². The summed E-state index contributed by atoms with van der Waals surface area (Å²) in [5, 5.41) is 3.22. The molecule has 6 heteroatoms. The Labute approximate surface area is 193 Å². The van der Waals surface area contributed by atoms with E-state index in [0.717, 1.165) is 16.8 Å². The van der Waals surface area contributed by atoms with Gasteiger partial charge in [-0.2, -0.15) is 0 Å². The molecule has 168 valence electrons. The van der Waals surface area contributed by atoms with E-state index in [1.165, 1.54) is 4.90 Å². The fourth-order valence-electron chi connectivity index (χ4n) is 4.03. The van der Waals surface area contributed by atoms with Crippen molar-refractivity contribution in [2.75, 3.05) is 23.9 Å². The van der Waals surface area contributed by atoms with Crippen LogP contribution in [0.1, 0.15) is 23.6 Å². The van der Waals surface area contributed by atoms with Crippen molar-refractivity contribution in [3.05, 3.63) is 89.1 Å². The van der Waals surface area contributed by atoms with Crippen molar-refractivity contribution in [1.29, 1.82) is 0 Å². The summed E-state index contributed by atoms with van der Waals surface area (Å²) in [5.74, 6) is 0.346. The molecule has 0 atom stereocenters. The highest BCUT2D eigenvalue weighted by molar-refractivity contribution is 6.46. The molecule has 0 radical (unpaired) electrons. The van der Waals surface area contributed by atoms with Crippen LogP contribution in [-0.4, -0.2) is 25.5 Å². The van der Waals surface area contributed by atoms with Gasteiger partial charge in [0.15, 0.2) is 0 Å². The van der Waals surface area contributed by atoms with E-state index < -0.39 is 11.8 Å². The lowest BCUT2D eigenvalue weighted by atomic mass is 10.0. The van der Waals surface area contributed by atoms with Gasteiger partial charge in [0.2, 0.25) is 0 Å². The number of hydrogen-bond acceptors (Lipinski definition) is 5. The Balaban J connectivity index is 1.82. The van der Waals surface area contributed by atoms with Crippen molar-refractivity contribution in [2.24, 2.45) is 0 Å². The highest BCUT2D eigenvalue weighted by Gasteiger charge is 2.41. The normalized spacial score (nSPS) is 13.5. The maximum absolute atomic E-state index is 13.7. The standard InChI is InChI=1S/C27H26N2O4/c1-5-33-21-12-10-20(11-13-21)29-26(30)24(22-8-6-7-9-23(22)32-4)25(27(29)31)28-19-15-17(2)14-18(3)16-19/h6-16,28H,5H2,1-4H3. The average Bonchev–Trinajstić information content (AvgIpc) is 3.03. The fourth-order valence-corrected chi connectivity index (χ4v) is 4.03. The number of anilines is 2. The molecular weight excluding hydrogens is 416 g/mol. The Bertz CT molecular complexity index is 1220. The highest BCUT2D eigenvalue weighted by Crippen LogP contribution is 2.37. The topological polar surface area (TPSA) is 67.9 Å². The Morgan fingerprint density at radius 3 is 2.18 bits per heavy atom. The van der Waals surface area contributed by atoms with Crippen LogP contribution in [0.4, 0.5) is 11.4 Å². The second kappa shape index (κ2) is 9.20. The van der Waals surface area contributed by atoms with Crippen LogP contribution in [0, 0.1) is 13.8 Å². The van der Waals surface area contributed by atoms with Crippen molar-refractivity contribution in [1.82, 2.24) is 0 Å². The molecule has 0 unspecified atom stereocenters. The molecule has 1 heterocycles. The molecule has 3 aromatic carbocycles. The number of amides is 2. The summed E-state index contributed by atoms with van der Waals surface area (Å²) in [4.78, 5) is 28.4. The van der Waals surface area contributed by atoms with Crippen LogP contribution >= 0.6 is 0 Å². The number of carbonyl (C=O) groups is 2. The number of imide groups is 1. The van der Waals surface area contributed by atoms with E-state index in [2.05, 4.69) is 11.4 Å². The molecule has 0 aromatic heterocycles. The van der Waals surface area contributed by atoms with E-state index in [-0.39, 0.29) is 11.3 Å². The van der Waals surface area contributed by atoms with Gasteiger partial charge < -0.3 is 14.8 Å². The van der Waals surface area contributed by atoms with Gasteiger partial charge in [0.25, 0.3) is 11.8 Å². The summed E-state index contributed by atoms with van der Waals surface area (Å²) in [5.41, 5.74) is 4.35. The van der Waals surface area contributed by atoms with Crippen molar-refractivity contribution >= 4 is 28.8 Å². The van der Waals surface area contributed by atoms with Gasteiger partial charge in [-0.05, 0) is 74.4 Å². The number of para-hydroxylation sites is 1. The SMILES string of the molecule is CCOc1ccc(N2C(=O)C(Nc3cc(C)cc(C)c3)=C(c3ccccc3OC)C2=O)cc1. The number of rotatable bonds is 7. The summed E-state index contributed by atoms with van der Waals surface area (Å²) in [7, 11) is 1.54. The molecule has 3 aromatic rings. The lowest BCUT2D eigenvalue weighted by Crippen LogP contribution is -2.32. The summed E-state index contributed by atoms with van der Waals surface area (Å²) >= 11 is 0. The van der Waals surface area contributed by atoms with Crippen LogP contribution in [0.5, 0.6) is 11.5 Å². The molecule has 4 rings (SSSR count). The number of nitrogens with one attached hydrogen (secondary N) is 1. The van der Waals surface area contributed by atoms with Gasteiger partial charge in [-0.25, -0.2) is 4.90 Å². The van der Waals surface area contributed by atoms with Crippen LogP contribution in [0.2, 0.25) is 0 Å². The number of ether oxygens (including phenoxy) is 2.